The zero-order valence-electron chi connectivity index (χ0n) is 12.4. The molecule has 0 spiro atoms. The highest BCUT2D eigenvalue weighted by Crippen LogP contribution is 1.99. The highest BCUT2D eigenvalue weighted by molar-refractivity contribution is 5.85. The fourth-order valence-electron chi connectivity index (χ4n) is 0.823. The van der Waals surface area contributed by atoms with Gasteiger partial charge in [-0.3, -0.25) is 0 Å². The molecule has 0 saturated carbocycles. The Balaban J connectivity index is 0. The van der Waals surface area contributed by atoms with Crippen molar-refractivity contribution >= 4 is 11.9 Å². The van der Waals surface area contributed by atoms with E-state index >= 15 is 0 Å². The molecule has 0 aliphatic heterocycles. The van der Waals surface area contributed by atoms with Crippen molar-refractivity contribution in [2.24, 2.45) is 0 Å². The number of carbonyl (C=O) groups is 2. The van der Waals surface area contributed by atoms with E-state index in [2.05, 4.69) is 32.7 Å². The topological polar surface area (TPSA) is 86.6 Å². The molecule has 0 aromatic heterocycles. The molecule has 0 atom stereocenters. The second-order valence-electron chi connectivity index (χ2n) is 5.24. The molecule has 0 rings (SSSR count). The van der Waals surface area contributed by atoms with Crippen molar-refractivity contribution in [3.05, 3.63) is 23.8 Å². The maximum absolute atomic E-state index is 10.4. The van der Waals surface area contributed by atoms with Gasteiger partial charge in [-0.05, 0) is 47.6 Å². The zero-order chi connectivity index (χ0) is 15.6. The summed E-state index contributed by atoms with van der Waals surface area (Å²) in [6, 6.07) is 0. The Morgan fingerprint density at radius 3 is 1.84 bits per heavy atom. The van der Waals surface area contributed by atoms with Gasteiger partial charge in [0, 0.05) is 16.7 Å². The van der Waals surface area contributed by atoms with Crippen molar-refractivity contribution in [1.82, 2.24) is 5.32 Å². The van der Waals surface area contributed by atoms with E-state index in [0.717, 1.165) is 13.0 Å². The molecule has 0 amide bonds. The van der Waals surface area contributed by atoms with Gasteiger partial charge in [0.1, 0.15) is 0 Å². The molecule has 0 unspecified atom stereocenters. The molecule has 0 aliphatic rings. The fraction of sp³-hybridized carbons (Fsp3) is 0.571. The summed E-state index contributed by atoms with van der Waals surface area (Å²) in [4.78, 5) is 20.0. The summed E-state index contributed by atoms with van der Waals surface area (Å²) in [6.45, 7) is 13.3. The number of aliphatic carboxylic acids is 2. The van der Waals surface area contributed by atoms with E-state index in [9.17, 15) is 9.59 Å². The molecule has 0 aromatic carbocycles. The Morgan fingerprint density at radius 1 is 1.16 bits per heavy atom. The normalized spacial score (nSPS) is 11.3. The van der Waals surface area contributed by atoms with Crippen molar-refractivity contribution in [2.45, 2.75) is 46.6 Å². The molecule has 3 N–H and O–H groups in total. The molecule has 0 saturated heterocycles. The lowest BCUT2D eigenvalue weighted by Crippen LogP contribution is -2.36. The SMILES string of the molecule is C=C(C)C(=O)O.CC(=CCCNC(C)(C)C)C(=O)O. The molecule has 5 heteroatoms. The Labute approximate surface area is 115 Å². The van der Waals surface area contributed by atoms with E-state index in [1.807, 2.05) is 0 Å². The lowest BCUT2D eigenvalue weighted by Gasteiger charge is -2.19. The van der Waals surface area contributed by atoms with Gasteiger partial charge in [0.05, 0.1) is 0 Å². The smallest absolute Gasteiger partial charge is 0.330 e. The predicted octanol–water partition coefficient (Wildman–Crippen LogP) is 2.44. The second kappa shape index (κ2) is 9.33. The van der Waals surface area contributed by atoms with Crippen molar-refractivity contribution in [2.75, 3.05) is 6.54 Å². The first-order valence-corrected chi connectivity index (χ1v) is 6.01. The van der Waals surface area contributed by atoms with Crippen LogP contribution >= 0.6 is 0 Å². The first-order valence-electron chi connectivity index (χ1n) is 6.01. The molecule has 0 aromatic rings. The van der Waals surface area contributed by atoms with Gasteiger partial charge in [-0.25, -0.2) is 9.59 Å². The molecule has 110 valence electrons. The van der Waals surface area contributed by atoms with E-state index in [1.165, 1.54) is 6.92 Å². The number of carboxylic acid groups (broad SMARTS) is 2. The third-order valence-corrected chi connectivity index (χ3v) is 1.95. The van der Waals surface area contributed by atoms with Crippen LogP contribution in [0, 0.1) is 0 Å². The van der Waals surface area contributed by atoms with Crippen molar-refractivity contribution in [3.8, 4) is 0 Å². The minimum absolute atomic E-state index is 0.102. The third kappa shape index (κ3) is 16.4. The highest BCUT2D eigenvalue weighted by Gasteiger charge is 2.06. The van der Waals surface area contributed by atoms with E-state index in [-0.39, 0.29) is 11.1 Å². The Hall–Kier alpha value is -1.62. The van der Waals surface area contributed by atoms with Crippen LogP contribution in [0.5, 0.6) is 0 Å². The summed E-state index contributed by atoms with van der Waals surface area (Å²) in [6.07, 6.45) is 2.50. The highest BCUT2D eigenvalue weighted by atomic mass is 16.4. The second-order valence-corrected chi connectivity index (χ2v) is 5.24. The Morgan fingerprint density at radius 2 is 1.58 bits per heavy atom. The first kappa shape index (κ1) is 19.7. The maximum Gasteiger partial charge on any atom is 0.330 e. The van der Waals surface area contributed by atoms with Gasteiger partial charge in [-0.1, -0.05) is 12.7 Å². The summed E-state index contributed by atoms with van der Waals surface area (Å²) < 4.78 is 0. The molecule has 0 heterocycles. The van der Waals surface area contributed by atoms with Crippen molar-refractivity contribution in [1.29, 1.82) is 0 Å². The number of rotatable bonds is 5. The minimum Gasteiger partial charge on any atom is -0.478 e. The van der Waals surface area contributed by atoms with Crippen LogP contribution in [0.2, 0.25) is 0 Å². The molecular formula is C14H25NO4. The average Bonchev–Trinajstić information content (AvgIpc) is 2.23. The average molecular weight is 271 g/mol. The van der Waals surface area contributed by atoms with Crippen molar-refractivity contribution in [3.63, 3.8) is 0 Å². The summed E-state index contributed by atoms with van der Waals surface area (Å²) in [5.74, 6) is -1.77. The fourth-order valence-corrected chi connectivity index (χ4v) is 0.823. The monoisotopic (exact) mass is 271 g/mol. The van der Waals surface area contributed by atoms with Crippen LogP contribution in [0.3, 0.4) is 0 Å². The lowest BCUT2D eigenvalue weighted by molar-refractivity contribution is -0.133. The van der Waals surface area contributed by atoms with Crippen LogP contribution < -0.4 is 5.32 Å². The van der Waals surface area contributed by atoms with Gasteiger partial charge in [-0.15, -0.1) is 0 Å². The van der Waals surface area contributed by atoms with Crippen molar-refractivity contribution < 1.29 is 19.8 Å². The van der Waals surface area contributed by atoms with Crippen LogP contribution in [0.1, 0.15) is 41.0 Å². The molecule has 19 heavy (non-hydrogen) atoms. The van der Waals surface area contributed by atoms with E-state index < -0.39 is 11.9 Å². The number of hydrogen-bond donors (Lipinski definition) is 3. The van der Waals surface area contributed by atoms with Crippen LogP contribution in [-0.2, 0) is 9.59 Å². The van der Waals surface area contributed by atoms with E-state index in [0.29, 0.717) is 5.57 Å². The van der Waals surface area contributed by atoms with Crippen LogP contribution in [-0.4, -0.2) is 34.2 Å². The molecule has 0 fully saturated rings. The summed E-state index contributed by atoms with van der Waals surface area (Å²) in [5.41, 5.74) is 0.691. The van der Waals surface area contributed by atoms with E-state index in [1.54, 1.807) is 13.0 Å². The van der Waals surface area contributed by atoms with Gasteiger partial charge < -0.3 is 15.5 Å². The van der Waals surface area contributed by atoms with Gasteiger partial charge in [-0.2, -0.15) is 0 Å². The van der Waals surface area contributed by atoms with Gasteiger partial charge in [0.2, 0.25) is 0 Å². The molecule has 5 nitrogen and oxygen atoms in total. The summed E-state index contributed by atoms with van der Waals surface area (Å²) >= 11 is 0. The largest absolute Gasteiger partial charge is 0.478 e. The minimum atomic E-state index is -0.935. The predicted molar refractivity (Wildman–Crippen MR) is 76.2 cm³/mol. The Bertz CT molecular complexity index is 339. The van der Waals surface area contributed by atoms with Crippen LogP contribution in [0.15, 0.2) is 23.8 Å². The van der Waals surface area contributed by atoms with Crippen LogP contribution in [0.25, 0.3) is 0 Å². The number of carboxylic acids is 2. The van der Waals surface area contributed by atoms with Crippen LogP contribution in [0.4, 0.5) is 0 Å². The van der Waals surface area contributed by atoms with Gasteiger partial charge in [0.25, 0.3) is 0 Å². The summed E-state index contributed by atoms with van der Waals surface area (Å²) in [5, 5.41) is 19.7. The zero-order valence-corrected chi connectivity index (χ0v) is 12.4. The maximum atomic E-state index is 10.4. The molecule has 0 aliphatic carbocycles. The summed E-state index contributed by atoms with van der Waals surface area (Å²) in [7, 11) is 0. The number of nitrogens with one attached hydrogen (secondary N) is 1. The molecular weight excluding hydrogens is 246 g/mol. The quantitative estimate of drug-likeness (QED) is 0.528. The molecule has 0 bridgehead atoms. The Kier molecular flexibility index (Phi) is 9.68. The third-order valence-electron chi connectivity index (χ3n) is 1.95. The standard InChI is InChI=1S/C10H19NO2.C4H6O2/c1-8(9(12)13)6-5-7-11-10(2,3)4;1-3(2)4(5)6/h6,11H,5,7H2,1-4H3,(H,12,13);1H2,2H3,(H,5,6). The first-order chi connectivity index (χ1) is 8.47. The molecule has 0 radical (unpaired) electrons. The van der Waals surface area contributed by atoms with Gasteiger partial charge >= 0.3 is 11.9 Å². The van der Waals surface area contributed by atoms with Gasteiger partial charge in [0.15, 0.2) is 0 Å². The lowest BCUT2D eigenvalue weighted by atomic mass is 10.1. The van der Waals surface area contributed by atoms with E-state index in [4.69, 9.17) is 10.2 Å². The number of hydrogen-bond acceptors (Lipinski definition) is 3.